The minimum Gasteiger partial charge on any atom is -0.482 e. The highest BCUT2D eigenvalue weighted by Crippen LogP contribution is 2.63. The van der Waals surface area contributed by atoms with E-state index in [-0.39, 0.29) is 11.6 Å². The molecule has 36 heavy (non-hydrogen) atoms. The van der Waals surface area contributed by atoms with Gasteiger partial charge in [-0.2, -0.15) is 0 Å². The van der Waals surface area contributed by atoms with Gasteiger partial charge < -0.3 is 24.4 Å². The first-order valence-corrected chi connectivity index (χ1v) is 14.1. The van der Waals surface area contributed by atoms with Crippen LogP contribution in [0.25, 0.3) is 0 Å². The van der Waals surface area contributed by atoms with Gasteiger partial charge in [0.05, 0.1) is 29.3 Å². The Bertz CT molecular complexity index is 978. The molecular weight excluding hydrogens is 454 g/mol. The van der Waals surface area contributed by atoms with E-state index in [9.17, 15) is 10.2 Å². The molecule has 1 aromatic rings. The van der Waals surface area contributed by atoms with Gasteiger partial charge >= 0.3 is 0 Å². The predicted molar refractivity (Wildman–Crippen MR) is 141 cm³/mol. The van der Waals surface area contributed by atoms with E-state index in [1.165, 1.54) is 24.8 Å². The summed E-state index contributed by atoms with van der Waals surface area (Å²) in [7, 11) is 0. The summed E-state index contributed by atoms with van der Waals surface area (Å²) >= 11 is 0. The number of rotatable bonds is 8. The summed E-state index contributed by atoms with van der Waals surface area (Å²) in [6, 6.07) is 4.21. The number of piperidine rings is 1. The van der Waals surface area contributed by atoms with Crippen LogP contribution in [-0.2, 0) is 16.6 Å². The lowest BCUT2D eigenvalue weighted by Crippen LogP contribution is -2.74. The minimum atomic E-state index is -1.02. The molecule has 2 bridgehead atoms. The Morgan fingerprint density at radius 2 is 1.92 bits per heavy atom. The Labute approximate surface area is 217 Å². The zero-order valence-electron chi connectivity index (χ0n) is 23.4. The van der Waals surface area contributed by atoms with E-state index in [0.29, 0.717) is 24.5 Å². The van der Waals surface area contributed by atoms with Crippen molar-refractivity contribution in [3.8, 4) is 11.5 Å². The molecule has 6 nitrogen and oxygen atoms in total. The van der Waals surface area contributed by atoms with Crippen LogP contribution in [0, 0.1) is 5.92 Å². The highest BCUT2D eigenvalue weighted by atomic mass is 16.6. The Morgan fingerprint density at radius 3 is 2.53 bits per heavy atom. The standard InChI is InChI=1S/C30H47NO5/c1-8-21(32)26-30-14-15-31(17-19-10-9-11-19)23(29(30,7)33)16-20-12-13-22(25(35-26)24(20)30)36-28(5,6)18-34-27(2,3)4/h12-13,19,21,23,26,32-33H,8-11,14-18H2,1-7H3/t21-,23+,26-,29+,30-/m0/s1. The molecule has 1 saturated carbocycles. The van der Waals surface area contributed by atoms with Gasteiger partial charge in [-0.05, 0) is 97.7 Å². The molecule has 2 heterocycles. The van der Waals surface area contributed by atoms with Crippen LogP contribution in [0.5, 0.6) is 11.5 Å². The molecule has 1 aromatic carbocycles. The Morgan fingerprint density at radius 1 is 1.19 bits per heavy atom. The molecule has 6 heteroatoms. The number of nitrogens with zero attached hydrogens (tertiary/aromatic N) is 1. The lowest BCUT2D eigenvalue weighted by Gasteiger charge is -2.60. The number of hydrogen-bond donors (Lipinski definition) is 2. The second-order valence-corrected chi connectivity index (χ2v) is 13.6. The summed E-state index contributed by atoms with van der Waals surface area (Å²) in [5, 5.41) is 23.6. The van der Waals surface area contributed by atoms with Crippen molar-refractivity contribution in [2.45, 2.75) is 127 Å². The van der Waals surface area contributed by atoms with Gasteiger partial charge in [-0.25, -0.2) is 0 Å². The van der Waals surface area contributed by atoms with Gasteiger partial charge in [0.15, 0.2) is 11.5 Å². The monoisotopic (exact) mass is 501 g/mol. The molecule has 1 spiro atoms. The fraction of sp³-hybridized carbons (Fsp3) is 0.800. The van der Waals surface area contributed by atoms with Crippen molar-refractivity contribution in [1.82, 2.24) is 4.90 Å². The third-order valence-electron chi connectivity index (χ3n) is 9.31. The molecule has 0 unspecified atom stereocenters. The summed E-state index contributed by atoms with van der Waals surface area (Å²) in [5.74, 6) is 2.13. The van der Waals surface area contributed by atoms with Gasteiger partial charge in [0.25, 0.3) is 0 Å². The summed E-state index contributed by atoms with van der Waals surface area (Å²) in [5.41, 5.74) is -0.209. The Balaban J connectivity index is 1.54. The van der Waals surface area contributed by atoms with Crippen LogP contribution in [0.1, 0.15) is 91.7 Å². The van der Waals surface area contributed by atoms with Crippen molar-refractivity contribution in [1.29, 1.82) is 0 Å². The maximum Gasteiger partial charge on any atom is 0.166 e. The number of hydrogen-bond acceptors (Lipinski definition) is 6. The number of benzene rings is 1. The molecule has 4 aliphatic rings. The van der Waals surface area contributed by atoms with E-state index in [4.69, 9.17) is 14.2 Å². The number of likely N-dealkylation sites (tertiary alicyclic amines) is 1. The Kier molecular flexibility index (Phi) is 6.47. The first-order chi connectivity index (χ1) is 16.8. The Hall–Kier alpha value is -1.34. The van der Waals surface area contributed by atoms with E-state index >= 15 is 0 Å². The zero-order chi connectivity index (χ0) is 26.1. The molecule has 202 valence electrons. The van der Waals surface area contributed by atoms with E-state index in [1.54, 1.807) is 0 Å². The first-order valence-electron chi connectivity index (χ1n) is 14.1. The van der Waals surface area contributed by atoms with Crippen LogP contribution < -0.4 is 9.47 Å². The van der Waals surface area contributed by atoms with Crippen LogP contribution in [0.4, 0.5) is 0 Å². The van der Waals surface area contributed by atoms with Gasteiger partial charge in [-0.15, -0.1) is 0 Å². The van der Waals surface area contributed by atoms with Crippen molar-refractivity contribution in [3.05, 3.63) is 23.3 Å². The van der Waals surface area contributed by atoms with Crippen molar-refractivity contribution in [3.63, 3.8) is 0 Å². The molecule has 2 fully saturated rings. The second kappa shape index (κ2) is 8.86. The lowest BCUT2D eigenvalue weighted by molar-refractivity contribution is -0.172. The number of aliphatic hydroxyl groups excluding tert-OH is 1. The summed E-state index contributed by atoms with van der Waals surface area (Å²) < 4.78 is 19.3. The van der Waals surface area contributed by atoms with E-state index in [1.807, 2.05) is 54.5 Å². The molecule has 5 rings (SSSR count). The van der Waals surface area contributed by atoms with Crippen LogP contribution in [0.15, 0.2) is 12.1 Å². The fourth-order valence-electron chi connectivity index (χ4n) is 7.12. The maximum atomic E-state index is 12.4. The van der Waals surface area contributed by atoms with Crippen molar-refractivity contribution in [2.24, 2.45) is 5.92 Å². The molecule has 2 aliphatic carbocycles. The largest absolute Gasteiger partial charge is 0.482 e. The summed E-state index contributed by atoms with van der Waals surface area (Å²) in [6.45, 7) is 16.6. The third-order valence-corrected chi connectivity index (χ3v) is 9.31. The van der Waals surface area contributed by atoms with Crippen LogP contribution in [0.3, 0.4) is 0 Å². The normalized spacial score (nSPS) is 33.0. The number of fused-ring (bicyclic) bond motifs is 1. The van der Waals surface area contributed by atoms with Crippen LogP contribution >= 0.6 is 0 Å². The van der Waals surface area contributed by atoms with Gasteiger partial charge in [-0.3, -0.25) is 4.90 Å². The minimum absolute atomic E-state index is 0.0175. The van der Waals surface area contributed by atoms with Gasteiger partial charge in [0.2, 0.25) is 0 Å². The van der Waals surface area contributed by atoms with E-state index in [0.717, 1.165) is 37.4 Å². The van der Waals surface area contributed by atoms with Crippen molar-refractivity contribution in [2.75, 3.05) is 19.7 Å². The predicted octanol–water partition coefficient (Wildman–Crippen LogP) is 4.61. The van der Waals surface area contributed by atoms with E-state index in [2.05, 4.69) is 11.0 Å². The lowest BCUT2D eigenvalue weighted by atomic mass is 9.52. The zero-order valence-corrected chi connectivity index (χ0v) is 23.4. The molecular formula is C30H47NO5. The maximum absolute atomic E-state index is 12.4. The summed E-state index contributed by atoms with van der Waals surface area (Å²) in [4.78, 5) is 2.53. The molecule has 2 aliphatic heterocycles. The van der Waals surface area contributed by atoms with Gasteiger partial charge in [-0.1, -0.05) is 19.4 Å². The van der Waals surface area contributed by atoms with Crippen molar-refractivity contribution >= 4 is 0 Å². The molecule has 0 radical (unpaired) electrons. The van der Waals surface area contributed by atoms with Gasteiger partial charge in [0, 0.05) is 18.2 Å². The summed E-state index contributed by atoms with van der Waals surface area (Å²) in [6.07, 6.45) is 4.89. The highest BCUT2D eigenvalue weighted by molar-refractivity contribution is 5.62. The van der Waals surface area contributed by atoms with Crippen molar-refractivity contribution < 1.29 is 24.4 Å². The van der Waals surface area contributed by atoms with Crippen LogP contribution in [0.2, 0.25) is 0 Å². The molecule has 0 amide bonds. The van der Waals surface area contributed by atoms with Gasteiger partial charge in [0.1, 0.15) is 11.7 Å². The quantitative estimate of drug-likeness (QED) is 0.542. The molecule has 5 atom stereocenters. The molecule has 2 N–H and O–H groups in total. The number of ether oxygens (including phenoxy) is 3. The molecule has 1 saturated heterocycles. The number of aliphatic hydroxyl groups is 2. The average molecular weight is 502 g/mol. The van der Waals surface area contributed by atoms with E-state index < -0.39 is 28.8 Å². The first kappa shape index (κ1) is 26.3. The van der Waals surface area contributed by atoms with Crippen LogP contribution in [-0.4, -0.2) is 69.9 Å². The smallest absolute Gasteiger partial charge is 0.166 e. The fourth-order valence-corrected chi connectivity index (χ4v) is 7.12. The topological polar surface area (TPSA) is 71.4 Å². The SMILES string of the molecule is CC[C@H](O)[C@@H]1Oc2c(OC(C)(C)COC(C)(C)C)ccc3c2[C@@]12CCN(CC1CCC1)[C@H](C3)[C@@]2(C)O. The second-order valence-electron chi connectivity index (χ2n) is 13.6. The molecule has 0 aromatic heterocycles. The highest BCUT2D eigenvalue weighted by Gasteiger charge is 2.69. The third kappa shape index (κ3) is 4.16. The average Bonchev–Trinajstić information content (AvgIpc) is 3.10.